The Balaban J connectivity index is 2.14. The Morgan fingerprint density at radius 1 is 1.33 bits per heavy atom. The van der Waals surface area contributed by atoms with Crippen molar-refractivity contribution in [2.24, 2.45) is 0 Å². The molecule has 1 atom stereocenters. The van der Waals surface area contributed by atoms with E-state index in [1.807, 2.05) is 33.0 Å². The molecule has 18 heavy (non-hydrogen) atoms. The third-order valence-electron chi connectivity index (χ3n) is 2.47. The fourth-order valence-electron chi connectivity index (χ4n) is 1.39. The highest BCUT2D eigenvalue weighted by Crippen LogP contribution is 2.13. The number of unbranched alkanes of at least 4 members (excludes halogenated alkanes) is 1. The molecule has 0 spiro atoms. The standard InChI is InChI=1S/C13H21BrN2OS/c1-13(2,3)18(17)16-9-5-4-6-11-7-8-12(14)15-10-11/h7-8,10,16H,4-6,9H2,1-3H3/t18-/m0/s1. The number of aryl methyl sites for hydroxylation is 1. The van der Waals surface area contributed by atoms with Crippen molar-refractivity contribution in [1.29, 1.82) is 0 Å². The first-order chi connectivity index (χ1) is 8.39. The summed E-state index contributed by atoms with van der Waals surface area (Å²) in [5.74, 6) is 0. The summed E-state index contributed by atoms with van der Waals surface area (Å²) in [7, 11) is 0. The Bertz CT molecular complexity index is 351. The van der Waals surface area contributed by atoms with Gasteiger partial charge in [0.1, 0.15) is 9.35 Å². The zero-order valence-corrected chi connectivity index (χ0v) is 13.6. The van der Waals surface area contributed by atoms with Crippen LogP contribution in [0.5, 0.6) is 0 Å². The predicted molar refractivity (Wildman–Crippen MR) is 80.8 cm³/mol. The highest BCUT2D eigenvalue weighted by molar-refractivity contribution is 9.10. The summed E-state index contributed by atoms with van der Waals surface area (Å²) in [6.07, 6.45) is 5.02. The molecule has 1 aromatic heterocycles. The van der Waals surface area contributed by atoms with Crippen molar-refractivity contribution < 1.29 is 4.55 Å². The number of hydrogen-bond acceptors (Lipinski definition) is 3. The minimum absolute atomic E-state index is 0.185. The Hall–Kier alpha value is -0.100. The van der Waals surface area contributed by atoms with E-state index in [1.165, 1.54) is 5.56 Å². The van der Waals surface area contributed by atoms with E-state index in [0.29, 0.717) is 0 Å². The molecule has 102 valence electrons. The molecule has 5 heteroatoms. The number of aromatic nitrogens is 1. The normalized spacial score (nSPS) is 13.6. The molecule has 0 aromatic carbocycles. The molecule has 0 saturated heterocycles. The minimum Gasteiger partial charge on any atom is -0.598 e. The molecule has 0 amide bonds. The summed E-state index contributed by atoms with van der Waals surface area (Å²) in [5, 5.41) is 0. The first-order valence-electron chi connectivity index (χ1n) is 6.15. The van der Waals surface area contributed by atoms with Crippen molar-refractivity contribution >= 4 is 27.3 Å². The van der Waals surface area contributed by atoms with Crippen LogP contribution in [0.3, 0.4) is 0 Å². The molecule has 0 saturated carbocycles. The summed E-state index contributed by atoms with van der Waals surface area (Å²) in [4.78, 5) is 4.19. The monoisotopic (exact) mass is 332 g/mol. The molecule has 1 N–H and O–H groups in total. The maximum atomic E-state index is 11.7. The van der Waals surface area contributed by atoms with Gasteiger partial charge in [0, 0.05) is 24.1 Å². The average molecular weight is 333 g/mol. The van der Waals surface area contributed by atoms with Crippen LogP contribution < -0.4 is 4.72 Å². The zero-order chi connectivity index (χ0) is 13.6. The van der Waals surface area contributed by atoms with Crippen molar-refractivity contribution in [3.63, 3.8) is 0 Å². The number of nitrogens with zero attached hydrogens (tertiary/aromatic N) is 1. The zero-order valence-electron chi connectivity index (χ0n) is 11.2. The number of hydrogen-bond donors (Lipinski definition) is 1. The molecule has 1 rings (SSSR count). The Kier molecular flexibility index (Phi) is 6.63. The molecule has 0 aliphatic heterocycles. The first kappa shape index (κ1) is 16.0. The van der Waals surface area contributed by atoms with Crippen LogP contribution in [0.2, 0.25) is 0 Å². The third kappa shape index (κ3) is 6.18. The van der Waals surface area contributed by atoms with Crippen LogP contribution in [0, 0.1) is 0 Å². The van der Waals surface area contributed by atoms with Crippen LogP contribution >= 0.6 is 15.9 Å². The van der Waals surface area contributed by atoms with Gasteiger partial charge < -0.3 is 4.55 Å². The second-order valence-electron chi connectivity index (χ2n) is 5.22. The van der Waals surface area contributed by atoms with Crippen molar-refractivity contribution in [2.75, 3.05) is 6.54 Å². The lowest BCUT2D eigenvalue weighted by molar-refractivity contribution is 0.540. The van der Waals surface area contributed by atoms with E-state index in [4.69, 9.17) is 0 Å². The molecular formula is C13H21BrN2OS. The molecular weight excluding hydrogens is 312 g/mol. The molecule has 0 bridgehead atoms. The van der Waals surface area contributed by atoms with Crippen LogP contribution in [-0.2, 0) is 17.8 Å². The maximum absolute atomic E-state index is 11.7. The average Bonchev–Trinajstić information content (AvgIpc) is 2.29. The van der Waals surface area contributed by atoms with Gasteiger partial charge in [-0.25, -0.2) is 4.98 Å². The fraction of sp³-hybridized carbons (Fsp3) is 0.615. The van der Waals surface area contributed by atoms with Crippen LogP contribution in [0.4, 0.5) is 0 Å². The topological polar surface area (TPSA) is 48.0 Å². The number of pyridine rings is 1. The van der Waals surface area contributed by atoms with E-state index < -0.39 is 11.4 Å². The lowest BCUT2D eigenvalue weighted by Crippen LogP contribution is -2.39. The van der Waals surface area contributed by atoms with Gasteiger partial charge in [-0.2, -0.15) is 0 Å². The summed E-state index contributed by atoms with van der Waals surface area (Å²) >= 11 is 2.36. The second-order valence-corrected chi connectivity index (χ2v) is 8.09. The maximum Gasteiger partial charge on any atom is 0.136 e. The molecule has 0 aliphatic carbocycles. The SMILES string of the molecule is CC(C)(C)[S@+]([O-])NCCCCc1ccc(Br)nc1. The van der Waals surface area contributed by atoms with Crippen molar-refractivity contribution in [2.45, 2.75) is 44.8 Å². The van der Waals surface area contributed by atoms with E-state index in [-0.39, 0.29) is 4.75 Å². The molecule has 1 aromatic rings. The summed E-state index contributed by atoms with van der Waals surface area (Å²) in [6.45, 7) is 6.73. The first-order valence-corrected chi connectivity index (χ1v) is 8.09. The van der Waals surface area contributed by atoms with E-state index in [2.05, 4.69) is 31.7 Å². The number of halogens is 1. The smallest absolute Gasteiger partial charge is 0.136 e. The number of nitrogens with one attached hydrogen (secondary N) is 1. The van der Waals surface area contributed by atoms with E-state index in [1.54, 1.807) is 0 Å². The van der Waals surface area contributed by atoms with Gasteiger partial charge >= 0.3 is 0 Å². The van der Waals surface area contributed by atoms with Crippen molar-refractivity contribution in [3.8, 4) is 0 Å². The van der Waals surface area contributed by atoms with Gasteiger partial charge in [-0.05, 0) is 67.6 Å². The molecule has 3 nitrogen and oxygen atoms in total. The quantitative estimate of drug-likeness (QED) is 0.494. The minimum atomic E-state index is -0.957. The van der Waals surface area contributed by atoms with E-state index in [9.17, 15) is 4.55 Å². The van der Waals surface area contributed by atoms with Gasteiger partial charge in [-0.15, -0.1) is 4.72 Å². The highest BCUT2D eigenvalue weighted by Gasteiger charge is 2.25. The van der Waals surface area contributed by atoms with Crippen LogP contribution in [0.25, 0.3) is 0 Å². The molecule has 0 unspecified atom stereocenters. The lowest BCUT2D eigenvalue weighted by Gasteiger charge is -2.23. The molecule has 0 aliphatic rings. The van der Waals surface area contributed by atoms with Gasteiger partial charge in [0.05, 0.1) is 0 Å². The van der Waals surface area contributed by atoms with E-state index in [0.717, 1.165) is 30.4 Å². The second kappa shape index (κ2) is 7.48. The molecule has 0 radical (unpaired) electrons. The molecule has 0 fully saturated rings. The Morgan fingerprint density at radius 2 is 2.06 bits per heavy atom. The Morgan fingerprint density at radius 3 is 2.61 bits per heavy atom. The van der Waals surface area contributed by atoms with Crippen LogP contribution in [0.1, 0.15) is 39.2 Å². The largest absolute Gasteiger partial charge is 0.598 e. The van der Waals surface area contributed by atoms with Gasteiger partial charge in [0.2, 0.25) is 0 Å². The fourth-order valence-corrected chi connectivity index (χ4v) is 2.39. The summed E-state index contributed by atoms with van der Waals surface area (Å²) < 4.78 is 15.5. The van der Waals surface area contributed by atoms with Gasteiger partial charge in [0.15, 0.2) is 0 Å². The van der Waals surface area contributed by atoms with Gasteiger partial charge in [-0.1, -0.05) is 6.07 Å². The van der Waals surface area contributed by atoms with Gasteiger partial charge in [0.25, 0.3) is 0 Å². The Labute approximate surface area is 121 Å². The van der Waals surface area contributed by atoms with Crippen molar-refractivity contribution in [3.05, 3.63) is 28.5 Å². The molecule has 1 heterocycles. The highest BCUT2D eigenvalue weighted by atomic mass is 79.9. The van der Waals surface area contributed by atoms with Crippen molar-refractivity contribution in [1.82, 2.24) is 9.71 Å². The summed E-state index contributed by atoms with van der Waals surface area (Å²) in [5.41, 5.74) is 1.25. The lowest BCUT2D eigenvalue weighted by atomic mass is 10.1. The summed E-state index contributed by atoms with van der Waals surface area (Å²) in [6, 6.07) is 4.04. The van der Waals surface area contributed by atoms with Crippen LogP contribution in [0.15, 0.2) is 22.9 Å². The van der Waals surface area contributed by atoms with Crippen LogP contribution in [-0.4, -0.2) is 20.8 Å². The predicted octanol–water partition coefficient (Wildman–Crippen LogP) is 3.22. The van der Waals surface area contributed by atoms with Gasteiger partial charge in [-0.3, -0.25) is 0 Å². The number of rotatable bonds is 6. The third-order valence-corrected chi connectivity index (χ3v) is 4.52. The van der Waals surface area contributed by atoms with E-state index >= 15 is 0 Å².